The molecule has 0 aromatic heterocycles. The molecule has 7 N–H and O–H groups in total. The van der Waals surface area contributed by atoms with Crippen molar-refractivity contribution in [1.29, 1.82) is 0 Å². The monoisotopic (exact) mass is 738 g/mol. The number of benzene rings is 2. The molecule has 52 heavy (non-hydrogen) atoms. The lowest BCUT2D eigenvalue weighted by Crippen LogP contribution is -2.62. The van der Waals surface area contributed by atoms with Crippen LogP contribution in [0.3, 0.4) is 0 Å². The van der Waals surface area contributed by atoms with Gasteiger partial charge in [0.1, 0.15) is 42.0 Å². The third-order valence-electron chi connectivity index (χ3n) is 8.67. The summed E-state index contributed by atoms with van der Waals surface area (Å²) in [6, 6.07) is 8.41. The average Bonchev–Trinajstić information content (AvgIpc) is 3.08. The Morgan fingerprint density at radius 3 is 1.37 bits per heavy atom. The van der Waals surface area contributed by atoms with Gasteiger partial charge in [-0.05, 0) is 53.9 Å². The number of aromatic hydroxyl groups is 1. The highest BCUT2D eigenvalue weighted by Gasteiger charge is 2.36. The number of phenolic OH excluding ortho intramolecular Hbond substituents is 1. The zero-order valence-corrected chi connectivity index (χ0v) is 31.7. The minimum absolute atomic E-state index is 0.0141. The van der Waals surface area contributed by atoms with E-state index in [1.54, 1.807) is 26.0 Å². The van der Waals surface area contributed by atoms with Gasteiger partial charge in [-0.1, -0.05) is 84.0 Å². The van der Waals surface area contributed by atoms with Crippen LogP contribution >= 0.6 is 12.6 Å². The predicted octanol–water partition coefficient (Wildman–Crippen LogP) is 1.78. The van der Waals surface area contributed by atoms with Crippen molar-refractivity contribution in [3.05, 3.63) is 65.7 Å². The van der Waals surface area contributed by atoms with Crippen LogP contribution < -0.4 is 31.9 Å². The second-order valence-corrected chi connectivity index (χ2v) is 14.9. The van der Waals surface area contributed by atoms with Crippen LogP contribution in [-0.2, 0) is 41.6 Å². The van der Waals surface area contributed by atoms with Gasteiger partial charge in [-0.15, -0.1) is 0 Å². The van der Waals surface area contributed by atoms with E-state index in [2.05, 4.69) is 44.5 Å². The highest BCUT2D eigenvalue weighted by atomic mass is 32.1. The fourth-order valence-corrected chi connectivity index (χ4v) is 6.13. The molecule has 0 aliphatic carbocycles. The molecule has 3 rings (SSSR count). The van der Waals surface area contributed by atoms with Crippen molar-refractivity contribution in [3.8, 4) is 5.75 Å². The molecule has 0 unspecified atom stereocenters. The quantitative estimate of drug-likeness (QED) is 0.170. The summed E-state index contributed by atoms with van der Waals surface area (Å²) in [7, 11) is 0. The largest absolute Gasteiger partial charge is 0.508 e. The van der Waals surface area contributed by atoms with Gasteiger partial charge < -0.3 is 37.0 Å². The summed E-state index contributed by atoms with van der Waals surface area (Å²) >= 11 is 4.30. The summed E-state index contributed by atoms with van der Waals surface area (Å²) in [4.78, 5) is 83.1. The molecule has 13 nitrogen and oxygen atoms in total. The van der Waals surface area contributed by atoms with Gasteiger partial charge >= 0.3 is 0 Å². The average molecular weight is 739 g/mol. The molecule has 284 valence electrons. The van der Waals surface area contributed by atoms with E-state index in [9.17, 15) is 33.9 Å². The number of hydrogen-bond donors (Lipinski definition) is 8. The van der Waals surface area contributed by atoms with E-state index in [1.807, 2.05) is 58.0 Å². The second-order valence-electron chi connectivity index (χ2n) is 14.5. The molecule has 14 heteroatoms. The van der Waals surface area contributed by atoms with E-state index >= 15 is 0 Å². The Balaban J connectivity index is 2.10. The Morgan fingerprint density at radius 2 is 0.904 bits per heavy atom. The highest BCUT2D eigenvalue weighted by molar-refractivity contribution is 7.80. The maximum Gasteiger partial charge on any atom is 0.244 e. The summed E-state index contributed by atoms with van der Waals surface area (Å²) in [5.74, 6) is -4.42. The maximum atomic E-state index is 14.0. The van der Waals surface area contributed by atoms with Crippen LogP contribution in [-0.4, -0.2) is 82.6 Å². The normalized spacial score (nSPS) is 24.3. The van der Waals surface area contributed by atoms with Crippen molar-refractivity contribution in [3.63, 3.8) is 0 Å². The van der Waals surface area contributed by atoms with E-state index in [4.69, 9.17) is 0 Å². The summed E-state index contributed by atoms with van der Waals surface area (Å²) in [5.41, 5.74) is 1.36. The summed E-state index contributed by atoms with van der Waals surface area (Å²) < 4.78 is 0. The smallest absolute Gasteiger partial charge is 0.244 e. The molecule has 0 spiro atoms. The molecular formula is C38H54N6O7S. The van der Waals surface area contributed by atoms with Gasteiger partial charge in [0.15, 0.2) is 0 Å². The topological polar surface area (TPSA) is 195 Å². The zero-order chi connectivity index (χ0) is 38.5. The third kappa shape index (κ3) is 12.9. The third-order valence-corrected chi connectivity index (χ3v) is 9.03. The van der Waals surface area contributed by atoms with Crippen LogP contribution in [0.1, 0.15) is 65.5 Å². The maximum absolute atomic E-state index is 14.0. The first-order valence-electron chi connectivity index (χ1n) is 17.8. The standard InChI is InChI=1S/C38H54N6O7S/c1-21(2)16-27-34(47)41-30(18-24-10-8-7-9-11-24)36(49)44-32(23(5)6)38(51)42-29(19-25-12-14-26(45)15-13-25)35(48)43-31(20-52)37(50)40-28(17-22(3)4)33(46)39-27/h7-15,21-23,27-32,45,52H,16-20H2,1-6H3,(H,39,46)(H,40,50)(H,41,47)(H,42,51)(H,43,48)(H,44,49)/t27-,28-,29-,30-,31+,32-/m0/s1. The number of phenols is 1. The fourth-order valence-electron chi connectivity index (χ4n) is 5.88. The molecule has 0 radical (unpaired) electrons. The molecular weight excluding hydrogens is 685 g/mol. The SMILES string of the molecule is CC(C)C[C@@H]1NC(=O)[C@H](CC(C)C)NC(=O)[C@@H](CS)NC(=O)[C@H](Cc2ccc(O)cc2)NC(=O)[C@H](C(C)C)NC(=O)[C@H](Cc2ccccc2)NC1=O. The minimum Gasteiger partial charge on any atom is -0.508 e. The van der Waals surface area contributed by atoms with E-state index in [1.165, 1.54) is 12.1 Å². The molecule has 2 aromatic rings. The summed E-state index contributed by atoms with van der Waals surface area (Å²) in [5, 5.41) is 26.4. The lowest BCUT2D eigenvalue weighted by Gasteiger charge is -2.30. The van der Waals surface area contributed by atoms with Crippen molar-refractivity contribution in [2.45, 2.75) is 103 Å². The number of thiol groups is 1. The van der Waals surface area contributed by atoms with Crippen LogP contribution in [0.5, 0.6) is 5.75 Å². The van der Waals surface area contributed by atoms with E-state index in [-0.39, 0.29) is 49.0 Å². The van der Waals surface area contributed by atoms with Gasteiger partial charge in [0.25, 0.3) is 0 Å². The number of amides is 6. The Hall–Kier alpha value is -4.59. The number of carbonyl (C=O) groups excluding carboxylic acids is 6. The van der Waals surface area contributed by atoms with Crippen LogP contribution in [0.25, 0.3) is 0 Å². The van der Waals surface area contributed by atoms with Crippen molar-refractivity contribution < 1.29 is 33.9 Å². The van der Waals surface area contributed by atoms with E-state index < -0.39 is 77.6 Å². The second kappa shape index (κ2) is 19.9. The van der Waals surface area contributed by atoms with E-state index in [0.29, 0.717) is 5.56 Å². The molecule has 1 aliphatic rings. The van der Waals surface area contributed by atoms with Gasteiger partial charge in [-0.25, -0.2) is 0 Å². The number of rotatable bonds is 10. The number of hydrogen-bond acceptors (Lipinski definition) is 8. The molecule has 0 saturated carbocycles. The number of carbonyl (C=O) groups is 6. The van der Waals surface area contributed by atoms with Crippen LogP contribution in [0.2, 0.25) is 0 Å². The highest BCUT2D eigenvalue weighted by Crippen LogP contribution is 2.15. The lowest BCUT2D eigenvalue weighted by molar-refractivity contribution is -0.137. The van der Waals surface area contributed by atoms with Gasteiger partial charge in [0, 0.05) is 18.6 Å². The fraction of sp³-hybridized carbons (Fsp3) is 0.526. The van der Waals surface area contributed by atoms with Crippen LogP contribution in [0.4, 0.5) is 0 Å². The van der Waals surface area contributed by atoms with Crippen molar-refractivity contribution in [2.75, 3.05) is 5.75 Å². The Bertz CT molecular complexity index is 1540. The minimum atomic E-state index is -1.21. The first kappa shape index (κ1) is 41.8. The van der Waals surface area contributed by atoms with E-state index in [0.717, 1.165) is 5.56 Å². The van der Waals surface area contributed by atoms with Crippen molar-refractivity contribution >= 4 is 48.1 Å². The first-order valence-corrected chi connectivity index (χ1v) is 18.5. The Kier molecular flexibility index (Phi) is 16.0. The Labute approximate surface area is 311 Å². The van der Waals surface area contributed by atoms with Gasteiger partial charge in [0.2, 0.25) is 35.4 Å². The van der Waals surface area contributed by atoms with Gasteiger partial charge in [-0.2, -0.15) is 12.6 Å². The van der Waals surface area contributed by atoms with Gasteiger partial charge in [0.05, 0.1) is 0 Å². The molecule has 0 bridgehead atoms. The summed E-state index contributed by atoms with van der Waals surface area (Å²) in [6.07, 6.45) is 0.556. The predicted molar refractivity (Wildman–Crippen MR) is 201 cm³/mol. The number of nitrogens with one attached hydrogen (secondary N) is 6. The van der Waals surface area contributed by atoms with Crippen LogP contribution in [0.15, 0.2) is 54.6 Å². The van der Waals surface area contributed by atoms with Crippen molar-refractivity contribution in [1.82, 2.24) is 31.9 Å². The van der Waals surface area contributed by atoms with Crippen molar-refractivity contribution in [2.24, 2.45) is 17.8 Å². The first-order chi connectivity index (χ1) is 24.6. The zero-order valence-electron chi connectivity index (χ0n) is 30.8. The summed E-state index contributed by atoms with van der Waals surface area (Å²) in [6.45, 7) is 11.0. The van der Waals surface area contributed by atoms with Gasteiger partial charge in [-0.3, -0.25) is 28.8 Å². The van der Waals surface area contributed by atoms with Crippen LogP contribution in [0, 0.1) is 17.8 Å². The molecule has 1 aliphatic heterocycles. The Morgan fingerprint density at radius 1 is 0.519 bits per heavy atom. The molecule has 6 atom stereocenters. The molecule has 6 amide bonds. The molecule has 1 saturated heterocycles. The molecule has 1 fully saturated rings. The lowest BCUT2D eigenvalue weighted by atomic mass is 9.98. The molecule has 1 heterocycles. The molecule has 2 aromatic carbocycles.